The SMILES string of the molecule is CNc1cccc(C(=O)NC(C)c2ccccc2F)n1. The van der Waals surface area contributed by atoms with Crippen molar-refractivity contribution in [2.24, 2.45) is 0 Å². The summed E-state index contributed by atoms with van der Waals surface area (Å²) >= 11 is 0. The average molecular weight is 273 g/mol. The zero-order valence-electron chi connectivity index (χ0n) is 11.4. The normalized spacial score (nSPS) is 11.8. The minimum Gasteiger partial charge on any atom is -0.373 e. The van der Waals surface area contributed by atoms with Gasteiger partial charge in [-0.15, -0.1) is 0 Å². The van der Waals surface area contributed by atoms with E-state index in [1.54, 1.807) is 50.4 Å². The van der Waals surface area contributed by atoms with Crippen LogP contribution in [-0.2, 0) is 0 Å². The largest absolute Gasteiger partial charge is 0.373 e. The van der Waals surface area contributed by atoms with Gasteiger partial charge in [-0.1, -0.05) is 24.3 Å². The fourth-order valence-corrected chi connectivity index (χ4v) is 1.88. The number of amides is 1. The average Bonchev–Trinajstić information content (AvgIpc) is 2.47. The smallest absolute Gasteiger partial charge is 0.270 e. The summed E-state index contributed by atoms with van der Waals surface area (Å²) in [6.45, 7) is 1.73. The number of rotatable bonds is 4. The Hall–Kier alpha value is -2.43. The second kappa shape index (κ2) is 6.14. The molecule has 2 N–H and O–H groups in total. The van der Waals surface area contributed by atoms with E-state index in [-0.39, 0.29) is 11.7 Å². The van der Waals surface area contributed by atoms with E-state index < -0.39 is 6.04 Å². The van der Waals surface area contributed by atoms with Crippen molar-refractivity contribution in [2.75, 3.05) is 12.4 Å². The molecule has 2 aromatic rings. The molecule has 5 heteroatoms. The van der Waals surface area contributed by atoms with Crippen LogP contribution < -0.4 is 10.6 Å². The third kappa shape index (κ3) is 3.12. The van der Waals surface area contributed by atoms with Crippen LogP contribution in [0.1, 0.15) is 29.0 Å². The number of hydrogen-bond donors (Lipinski definition) is 2. The molecule has 4 nitrogen and oxygen atoms in total. The highest BCUT2D eigenvalue weighted by molar-refractivity contribution is 5.92. The number of hydrogen-bond acceptors (Lipinski definition) is 3. The van der Waals surface area contributed by atoms with Crippen molar-refractivity contribution in [1.82, 2.24) is 10.3 Å². The van der Waals surface area contributed by atoms with Crippen molar-refractivity contribution in [3.05, 3.63) is 59.5 Å². The van der Waals surface area contributed by atoms with Gasteiger partial charge in [-0.25, -0.2) is 9.37 Å². The Morgan fingerprint density at radius 3 is 2.65 bits per heavy atom. The van der Waals surface area contributed by atoms with Gasteiger partial charge in [-0.05, 0) is 25.1 Å². The number of benzene rings is 1. The van der Waals surface area contributed by atoms with E-state index in [0.29, 0.717) is 17.1 Å². The van der Waals surface area contributed by atoms with Gasteiger partial charge in [0.2, 0.25) is 0 Å². The lowest BCUT2D eigenvalue weighted by molar-refractivity contribution is 0.0934. The maximum atomic E-state index is 13.6. The van der Waals surface area contributed by atoms with Crippen molar-refractivity contribution in [2.45, 2.75) is 13.0 Å². The molecule has 1 heterocycles. The Labute approximate surface area is 117 Å². The minimum absolute atomic E-state index is 0.292. The van der Waals surface area contributed by atoms with Gasteiger partial charge >= 0.3 is 0 Å². The summed E-state index contributed by atoms with van der Waals surface area (Å²) in [7, 11) is 1.73. The first-order chi connectivity index (χ1) is 9.61. The zero-order valence-corrected chi connectivity index (χ0v) is 11.4. The van der Waals surface area contributed by atoms with Crippen molar-refractivity contribution >= 4 is 11.7 Å². The number of carbonyl (C=O) groups is 1. The molecule has 1 unspecified atom stereocenters. The third-order valence-electron chi connectivity index (χ3n) is 2.96. The topological polar surface area (TPSA) is 54.0 Å². The predicted octanol–water partition coefficient (Wildman–Crippen LogP) is 2.75. The van der Waals surface area contributed by atoms with E-state index in [9.17, 15) is 9.18 Å². The summed E-state index contributed by atoms with van der Waals surface area (Å²) in [6, 6.07) is 11.1. The second-order valence-corrected chi connectivity index (χ2v) is 4.37. The highest BCUT2D eigenvalue weighted by atomic mass is 19.1. The van der Waals surface area contributed by atoms with E-state index in [0.717, 1.165) is 0 Å². The summed E-state index contributed by atoms with van der Waals surface area (Å²) in [6.07, 6.45) is 0. The molecule has 0 aliphatic carbocycles. The first kappa shape index (κ1) is 14.0. The molecule has 0 bridgehead atoms. The Morgan fingerprint density at radius 2 is 1.95 bits per heavy atom. The molecule has 1 aromatic heterocycles. The number of halogens is 1. The standard InChI is InChI=1S/C15H16FN3O/c1-10(11-6-3-4-7-12(11)16)18-15(20)13-8-5-9-14(17-2)19-13/h3-10H,1-2H3,(H,17,19)(H,18,20). The van der Waals surface area contributed by atoms with E-state index in [1.165, 1.54) is 6.07 Å². The van der Waals surface area contributed by atoms with E-state index >= 15 is 0 Å². The van der Waals surface area contributed by atoms with E-state index in [2.05, 4.69) is 15.6 Å². The Morgan fingerprint density at radius 1 is 1.20 bits per heavy atom. The second-order valence-electron chi connectivity index (χ2n) is 4.37. The maximum Gasteiger partial charge on any atom is 0.270 e. The molecular formula is C15H16FN3O. The van der Waals surface area contributed by atoms with Crippen LogP contribution in [0.2, 0.25) is 0 Å². The van der Waals surface area contributed by atoms with Crippen LogP contribution in [0, 0.1) is 5.82 Å². The molecule has 0 radical (unpaired) electrons. The van der Waals surface area contributed by atoms with Gasteiger partial charge in [0, 0.05) is 12.6 Å². The highest BCUT2D eigenvalue weighted by Crippen LogP contribution is 2.16. The Balaban J connectivity index is 2.13. The molecule has 20 heavy (non-hydrogen) atoms. The Bertz CT molecular complexity index is 616. The van der Waals surface area contributed by atoms with Crippen LogP contribution in [0.25, 0.3) is 0 Å². The minimum atomic E-state index is -0.427. The van der Waals surface area contributed by atoms with Crippen molar-refractivity contribution < 1.29 is 9.18 Å². The van der Waals surface area contributed by atoms with Crippen LogP contribution in [0.4, 0.5) is 10.2 Å². The molecule has 104 valence electrons. The number of pyridine rings is 1. The Kier molecular flexibility index (Phi) is 4.30. The summed E-state index contributed by atoms with van der Waals surface area (Å²) in [5.74, 6) is -0.0636. The van der Waals surface area contributed by atoms with Crippen molar-refractivity contribution in [3.63, 3.8) is 0 Å². The van der Waals surface area contributed by atoms with Crippen LogP contribution in [0.5, 0.6) is 0 Å². The monoisotopic (exact) mass is 273 g/mol. The zero-order chi connectivity index (χ0) is 14.5. The van der Waals surface area contributed by atoms with Gasteiger partial charge in [0.15, 0.2) is 0 Å². The van der Waals surface area contributed by atoms with Crippen LogP contribution in [0.15, 0.2) is 42.5 Å². The molecule has 0 fully saturated rings. The summed E-state index contributed by atoms with van der Waals surface area (Å²) in [5.41, 5.74) is 0.741. The molecule has 0 saturated heterocycles. The van der Waals surface area contributed by atoms with Gasteiger partial charge in [0.1, 0.15) is 17.3 Å². The maximum absolute atomic E-state index is 13.6. The molecule has 0 aliphatic rings. The number of carbonyl (C=O) groups excluding carboxylic acids is 1. The lowest BCUT2D eigenvalue weighted by atomic mass is 10.1. The lowest BCUT2D eigenvalue weighted by Gasteiger charge is -2.15. The third-order valence-corrected chi connectivity index (χ3v) is 2.96. The molecule has 2 rings (SSSR count). The van der Waals surface area contributed by atoms with Crippen LogP contribution in [0.3, 0.4) is 0 Å². The van der Waals surface area contributed by atoms with Gasteiger partial charge in [0.25, 0.3) is 5.91 Å². The summed E-state index contributed by atoms with van der Waals surface area (Å²) in [5, 5.41) is 5.60. The molecule has 0 spiro atoms. The first-order valence-corrected chi connectivity index (χ1v) is 6.32. The van der Waals surface area contributed by atoms with Crippen molar-refractivity contribution in [1.29, 1.82) is 0 Å². The fourth-order valence-electron chi connectivity index (χ4n) is 1.88. The van der Waals surface area contributed by atoms with Gasteiger partial charge in [-0.2, -0.15) is 0 Å². The van der Waals surface area contributed by atoms with Crippen LogP contribution in [-0.4, -0.2) is 17.9 Å². The van der Waals surface area contributed by atoms with E-state index in [1.807, 2.05) is 0 Å². The molecule has 1 aromatic carbocycles. The van der Waals surface area contributed by atoms with Gasteiger partial charge in [0.05, 0.1) is 6.04 Å². The van der Waals surface area contributed by atoms with Crippen LogP contribution >= 0.6 is 0 Å². The first-order valence-electron chi connectivity index (χ1n) is 6.32. The lowest BCUT2D eigenvalue weighted by Crippen LogP contribution is -2.28. The summed E-state index contributed by atoms with van der Waals surface area (Å²) in [4.78, 5) is 16.2. The molecule has 1 atom stereocenters. The quantitative estimate of drug-likeness (QED) is 0.900. The highest BCUT2D eigenvalue weighted by Gasteiger charge is 2.15. The number of aromatic nitrogens is 1. The van der Waals surface area contributed by atoms with Crippen molar-refractivity contribution in [3.8, 4) is 0 Å². The number of anilines is 1. The van der Waals surface area contributed by atoms with Gasteiger partial charge < -0.3 is 10.6 Å². The molecule has 1 amide bonds. The van der Waals surface area contributed by atoms with E-state index in [4.69, 9.17) is 0 Å². The molecule has 0 aliphatic heterocycles. The number of nitrogens with one attached hydrogen (secondary N) is 2. The molecule has 0 saturated carbocycles. The fraction of sp³-hybridized carbons (Fsp3) is 0.200. The molecular weight excluding hydrogens is 257 g/mol. The summed E-state index contributed by atoms with van der Waals surface area (Å²) < 4.78 is 13.6. The van der Waals surface area contributed by atoms with Gasteiger partial charge in [-0.3, -0.25) is 4.79 Å². The number of nitrogens with zero attached hydrogens (tertiary/aromatic N) is 1. The predicted molar refractivity (Wildman–Crippen MR) is 76.1 cm³/mol.